The number of fused-ring (bicyclic) bond motifs is 2. The molecule has 0 amide bonds. The van der Waals surface area contributed by atoms with Crippen LogP contribution in [0.3, 0.4) is 0 Å². The molecule has 106 valence electrons. The molecule has 3 aromatic rings. The maximum absolute atomic E-state index is 12.5. The lowest BCUT2D eigenvalue weighted by molar-refractivity contribution is -0.569. The van der Waals surface area contributed by atoms with Crippen LogP contribution < -0.4 is 5.43 Å². The Kier molecular flexibility index (Phi) is 3.02. The van der Waals surface area contributed by atoms with Crippen molar-refractivity contribution in [3.63, 3.8) is 0 Å². The first-order valence-electron chi connectivity index (χ1n) is 6.52. The van der Waals surface area contributed by atoms with Crippen molar-refractivity contribution in [1.29, 1.82) is 0 Å². The van der Waals surface area contributed by atoms with E-state index in [9.17, 15) is 14.9 Å². The summed E-state index contributed by atoms with van der Waals surface area (Å²) in [6, 6.07) is 12.6. The number of hydrogen-bond donors (Lipinski definition) is 0. The molecular formula is C16H13NO3S. The van der Waals surface area contributed by atoms with E-state index in [4.69, 9.17) is 0 Å². The first-order chi connectivity index (χ1) is 9.91. The molecule has 0 aliphatic heterocycles. The van der Waals surface area contributed by atoms with Gasteiger partial charge in [-0.25, -0.2) is 0 Å². The van der Waals surface area contributed by atoms with Gasteiger partial charge < -0.3 is 0 Å². The van der Waals surface area contributed by atoms with Crippen LogP contribution in [-0.2, 0) is 5.54 Å². The molecule has 0 saturated heterocycles. The van der Waals surface area contributed by atoms with Crippen LogP contribution >= 0.6 is 11.3 Å². The highest BCUT2D eigenvalue weighted by molar-refractivity contribution is 7.24. The zero-order valence-corrected chi connectivity index (χ0v) is 12.4. The second-order valence-electron chi connectivity index (χ2n) is 5.45. The number of rotatable bonds is 2. The predicted octanol–water partition coefficient (Wildman–Crippen LogP) is 3.93. The van der Waals surface area contributed by atoms with E-state index in [0.29, 0.717) is 16.3 Å². The molecule has 4 nitrogen and oxygen atoms in total. The Hall–Kier alpha value is -2.27. The molecule has 1 heterocycles. The Morgan fingerprint density at radius 2 is 1.71 bits per heavy atom. The van der Waals surface area contributed by atoms with Gasteiger partial charge in [-0.2, -0.15) is 0 Å². The second-order valence-corrected chi connectivity index (χ2v) is 6.54. The summed E-state index contributed by atoms with van der Waals surface area (Å²) in [5, 5.41) is 12.5. The lowest BCUT2D eigenvalue weighted by atomic mass is 9.94. The van der Waals surface area contributed by atoms with Gasteiger partial charge in [0, 0.05) is 44.5 Å². The van der Waals surface area contributed by atoms with Gasteiger partial charge in [-0.15, -0.1) is 11.3 Å². The van der Waals surface area contributed by atoms with E-state index in [1.54, 1.807) is 32.0 Å². The zero-order chi connectivity index (χ0) is 15.2. The van der Waals surface area contributed by atoms with Crippen molar-refractivity contribution in [1.82, 2.24) is 0 Å². The van der Waals surface area contributed by atoms with Crippen molar-refractivity contribution in [2.45, 2.75) is 19.4 Å². The summed E-state index contributed by atoms with van der Waals surface area (Å²) in [6.07, 6.45) is 0. The minimum absolute atomic E-state index is 0.0233. The largest absolute Gasteiger partial charge is 0.289 e. The third-order valence-electron chi connectivity index (χ3n) is 3.74. The molecule has 21 heavy (non-hydrogen) atoms. The summed E-state index contributed by atoms with van der Waals surface area (Å²) in [7, 11) is 0. The Bertz CT molecular complexity index is 928. The van der Waals surface area contributed by atoms with Crippen molar-refractivity contribution in [3.05, 3.63) is 68.4 Å². The van der Waals surface area contributed by atoms with E-state index in [1.165, 1.54) is 11.3 Å². The van der Waals surface area contributed by atoms with Crippen LogP contribution in [0.1, 0.15) is 19.4 Å². The molecule has 0 bridgehead atoms. The lowest BCUT2D eigenvalue weighted by Crippen LogP contribution is -2.27. The normalized spacial score (nSPS) is 11.9. The van der Waals surface area contributed by atoms with Gasteiger partial charge in [0.1, 0.15) is 0 Å². The Labute approximate surface area is 124 Å². The maximum atomic E-state index is 12.5. The Balaban J connectivity index is 2.35. The highest BCUT2D eigenvalue weighted by Crippen LogP contribution is 2.30. The molecule has 2 aromatic carbocycles. The maximum Gasteiger partial charge on any atom is 0.241 e. The van der Waals surface area contributed by atoms with Gasteiger partial charge in [0.2, 0.25) is 5.54 Å². The molecule has 3 rings (SSSR count). The molecule has 0 aliphatic rings. The van der Waals surface area contributed by atoms with Crippen molar-refractivity contribution in [2.75, 3.05) is 0 Å². The van der Waals surface area contributed by atoms with Gasteiger partial charge in [0.05, 0.1) is 0 Å². The molecule has 0 atom stereocenters. The molecule has 5 heteroatoms. The van der Waals surface area contributed by atoms with Gasteiger partial charge >= 0.3 is 0 Å². The highest BCUT2D eigenvalue weighted by Gasteiger charge is 2.33. The molecule has 0 N–H and O–H groups in total. The fourth-order valence-electron chi connectivity index (χ4n) is 2.29. The summed E-state index contributed by atoms with van der Waals surface area (Å²) in [4.78, 5) is 23.3. The Morgan fingerprint density at radius 3 is 2.43 bits per heavy atom. The molecular weight excluding hydrogens is 286 g/mol. The average molecular weight is 299 g/mol. The molecule has 1 aromatic heterocycles. The molecule has 0 radical (unpaired) electrons. The van der Waals surface area contributed by atoms with E-state index >= 15 is 0 Å². The number of nitro groups is 1. The van der Waals surface area contributed by atoms with Gasteiger partial charge in [-0.3, -0.25) is 14.9 Å². The smallest absolute Gasteiger partial charge is 0.241 e. The van der Waals surface area contributed by atoms with Crippen LogP contribution in [0.2, 0.25) is 0 Å². The van der Waals surface area contributed by atoms with Crippen LogP contribution in [0.15, 0.2) is 47.3 Å². The average Bonchev–Trinajstić information content (AvgIpc) is 2.47. The van der Waals surface area contributed by atoms with Crippen LogP contribution in [0.4, 0.5) is 0 Å². The summed E-state index contributed by atoms with van der Waals surface area (Å²) in [5.41, 5.74) is -0.592. The van der Waals surface area contributed by atoms with E-state index < -0.39 is 5.54 Å². The number of hydrogen-bond acceptors (Lipinski definition) is 4. The van der Waals surface area contributed by atoms with E-state index in [-0.39, 0.29) is 10.4 Å². The second kappa shape index (κ2) is 4.63. The summed E-state index contributed by atoms with van der Waals surface area (Å²) < 4.78 is 1.68. The van der Waals surface area contributed by atoms with E-state index in [2.05, 4.69) is 0 Å². The summed E-state index contributed by atoms with van der Waals surface area (Å²) >= 11 is 1.48. The van der Waals surface area contributed by atoms with Crippen LogP contribution in [0, 0.1) is 10.1 Å². The first-order valence-corrected chi connectivity index (χ1v) is 7.33. The quantitative estimate of drug-likeness (QED) is 0.409. The Morgan fingerprint density at radius 1 is 1.05 bits per heavy atom. The first kappa shape index (κ1) is 13.7. The third kappa shape index (κ3) is 2.10. The molecule has 0 unspecified atom stereocenters. The lowest BCUT2D eigenvalue weighted by Gasteiger charge is -2.16. The van der Waals surface area contributed by atoms with Gasteiger partial charge in [0.25, 0.3) is 0 Å². The third-order valence-corrected chi connectivity index (χ3v) is 4.87. The fraction of sp³-hybridized carbons (Fsp3) is 0.188. The summed E-state index contributed by atoms with van der Waals surface area (Å²) in [5.74, 6) is 0. The minimum Gasteiger partial charge on any atom is -0.289 e. The van der Waals surface area contributed by atoms with Crippen molar-refractivity contribution < 1.29 is 4.92 Å². The van der Waals surface area contributed by atoms with Crippen LogP contribution in [-0.4, -0.2) is 4.92 Å². The van der Waals surface area contributed by atoms with Gasteiger partial charge in [-0.1, -0.05) is 18.2 Å². The fourth-order valence-corrected chi connectivity index (χ4v) is 3.40. The monoisotopic (exact) mass is 299 g/mol. The van der Waals surface area contributed by atoms with Gasteiger partial charge in [0.15, 0.2) is 5.43 Å². The standard InChI is InChI=1S/C16H13NO3S/c1-16(2,17(19)20)10-7-8-12-14(9-10)21-13-6-4-3-5-11(13)15(12)18/h3-9H,1-2H3. The summed E-state index contributed by atoms with van der Waals surface area (Å²) in [6.45, 7) is 3.13. The van der Waals surface area contributed by atoms with Crippen LogP contribution in [0.25, 0.3) is 20.2 Å². The van der Waals surface area contributed by atoms with Crippen LogP contribution in [0.5, 0.6) is 0 Å². The van der Waals surface area contributed by atoms with Crippen molar-refractivity contribution in [2.24, 2.45) is 0 Å². The predicted molar refractivity (Wildman–Crippen MR) is 85.6 cm³/mol. The van der Waals surface area contributed by atoms with Crippen molar-refractivity contribution in [3.8, 4) is 0 Å². The highest BCUT2D eigenvalue weighted by atomic mass is 32.1. The van der Waals surface area contributed by atoms with Gasteiger partial charge in [-0.05, 0) is 24.3 Å². The molecule has 0 aliphatic carbocycles. The van der Waals surface area contributed by atoms with E-state index in [0.717, 1.165) is 9.40 Å². The number of benzene rings is 2. The zero-order valence-electron chi connectivity index (χ0n) is 11.6. The molecule has 0 saturated carbocycles. The molecule has 0 spiro atoms. The minimum atomic E-state index is -1.17. The van der Waals surface area contributed by atoms with Crippen molar-refractivity contribution >= 4 is 31.5 Å². The SMILES string of the molecule is CC(C)(c1ccc2c(=O)c3ccccc3sc2c1)[N+](=O)[O-]. The van der Waals surface area contributed by atoms with E-state index in [1.807, 2.05) is 24.3 Å². The molecule has 0 fully saturated rings. The number of nitrogens with zero attached hydrogens (tertiary/aromatic N) is 1. The topological polar surface area (TPSA) is 60.2 Å².